The normalized spacial score (nSPS) is 12.7. The van der Waals surface area contributed by atoms with Crippen LogP contribution in [0.15, 0.2) is 232 Å². The Balaban J connectivity index is 0.000000191. The van der Waals surface area contributed by atoms with Gasteiger partial charge in [-0.15, -0.1) is 23.5 Å². The molecule has 11 rings (SSSR count). The third-order valence-electron chi connectivity index (χ3n) is 15.4. The number of hydrogen-bond donors (Lipinski definition) is 0. The number of nitrogens with zero attached hydrogens (tertiary/aromatic N) is 7. The summed E-state index contributed by atoms with van der Waals surface area (Å²) in [5.74, 6) is 1.99. The molecule has 0 bridgehead atoms. The molecule has 0 aliphatic carbocycles. The van der Waals surface area contributed by atoms with E-state index in [2.05, 4.69) is 108 Å². The SMILES string of the molecule is CC(C)[SiH](C(C)C)C(C)C.CCCCSc1cnc2c(c1)c(-c1cnn(C(c3ccccc3)(c3ccccc3)c3ccccc3)c1)cn2S(=O)(=O)c1ccccc1.CCCCSc1cnc2c(c1)c(C1=CCN=C1)cn2S(=O)(=O)c1ccccc1. The Morgan fingerprint density at radius 1 is 0.529 bits per heavy atom. The van der Waals surface area contributed by atoms with Gasteiger partial charge in [0, 0.05) is 83.2 Å². The van der Waals surface area contributed by atoms with Crippen LogP contribution in [0.2, 0.25) is 16.6 Å². The molecule has 0 fully saturated rings. The Hall–Kier alpha value is -7.08. The van der Waals surface area contributed by atoms with E-state index in [4.69, 9.17) is 10.1 Å². The third kappa shape index (κ3) is 13.8. The van der Waals surface area contributed by atoms with Gasteiger partial charge in [0.15, 0.2) is 11.3 Å². The molecule has 0 saturated carbocycles. The molecule has 0 spiro atoms. The first-order valence-corrected chi connectivity index (χ1v) is 36.3. The van der Waals surface area contributed by atoms with Crippen LogP contribution in [-0.2, 0) is 25.6 Å². The van der Waals surface area contributed by atoms with Crippen molar-refractivity contribution in [2.45, 2.75) is 123 Å². The number of allylic oxidation sites excluding steroid dienone is 1. The number of hydrogen-bond acceptors (Lipinski definition) is 10. The lowest BCUT2D eigenvalue weighted by atomic mass is 9.77. The fourth-order valence-electron chi connectivity index (χ4n) is 11.6. The van der Waals surface area contributed by atoms with Crippen molar-refractivity contribution in [2.24, 2.45) is 4.99 Å². The van der Waals surface area contributed by atoms with Gasteiger partial charge in [-0.3, -0.25) is 9.67 Å². The van der Waals surface area contributed by atoms with E-state index in [9.17, 15) is 16.8 Å². The second-order valence-electron chi connectivity index (χ2n) is 22.2. The summed E-state index contributed by atoms with van der Waals surface area (Å²) in [4.78, 5) is 16.0. The molecule has 0 amide bonds. The van der Waals surface area contributed by atoms with Crippen molar-refractivity contribution in [3.05, 3.63) is 229 Å². The van der Waals surface area contributed by atoms with Gasteiger partial charge < -0.3 is 0 Å². The molecule has 1 aliphatic heterocycles. The monoisotopic (exact) mass is 1220 g/mol. The number of fused-ring (bicyclic) bond motifs is 2. The fourth-order valence-corrected chi connectivity index (χ4v) is 20.9. The lowest BCUT2D eigenvalue weighted by molar-refractivity contribution is 0.460. The summed E-state index contributed by atoms with van der Waals surface area (Å²) in [6, 6.07) is 52.2. The average molecular weight is 1220 g/mol. The molecular weight excluding hydrogens is 1150 g/mol. The minimum Gasteiger partial charge on any atom is -0.288 e. The molecule has 10 aromatic rings. The summed E-state index contributed by atoms with van der Waals surface area (Å²) < 4.78 is 59.1. The van der Waals surface area contributed by atoms with E-state index in [0.717, 1.165) is 113 Å². The molecule has 0 radical (unpaired) electrons. The highest BCUT2D eigenvalue weighted by atomic mass is 32.2. The Morgan fingerprint density at radius 3 is 1.31 bits per heavy atom. The average Bonchev–Trinajstić information content (AvgIpc) is 2.01. The molecule has 5 aromatic heterocycles. The van der Waals surface area contributed by atoms with Crippen LogP contribution in [0.5, 0.6) is 0 Å². The van der Waals surface area contributed by atoms with Crippen LogP contribution >= 0.6 is 23.5 Å². The Kier molecular flexibility index (Phi) is 20.9. The molecule has 0 atom stereocenters. The number of aliphatic imine (C=N–C) groups is 1. The van der Waals surface area contributed by atoms with Crippen molar-refractivity contribution in [3.63, 3.8) is 0 Å². The largest absolute Gasteiger partial charge is 0.288 e. The number of thioether (sulfide) groups is 2. The first-order chi connectivity index (χ1) is 41.1. The summed E-state index contributed by atoms with van der Waals surface area (Å²) in [5.41, 5.74) is 9.44. The third-order valence-corrected chi connectivity index (χ3v) is 25.4. The van der Waals surface area contributed by atoms with Gasteiger partial charge in [-0.2, -0.15) is 5.10 Å². The molecule has 0 N–H and O–H groups in total. The summed E-state index contributed by atoms with van der Waals surface area (Å²) >= 11 is 3.49. The van der Waals surface area contributed by atoms with Gasteiger partial charge in [0.25, 0.3) is 20.0 Å². The van der Waals surface area contributed by atoms with E-state index < -0.39 is 34.4 Å². The maximum atomic E-state index is 14.0. The van der Waals surface area contributed by atoms with E-state index in [1.807, 2.05) is 89.9 Å². The van der Waals surface area contributed by atoms with Crippen LogP contribution < -0.4 is 0 Å². The molecule has 6 heterocycles. The second kappa shape index (κ2) is 28.4. The molecule has 16 heteroatoms. The maximum Gasteiger partial charge on any atom is 0.269 e. The smallest absolute Gasteiger partial charge is 0.269 e. The molecule has 85 heavy (non-hydrogen) atoms. The van der Waals surface area contributed by atoms with Gasteiger partial charge >= 0.3 is 0 Å². The number of unbranched alkanes of at least 4 members (excludes halogenated alkanes) is 2. The lowest BCUT2D eigenvalue weighted by Crippen LogP contribution is -2.38. The molecule has 1 aliphatic rings. The van der Waals surface area contributed by atoms with Gasteiger partial charge in [0.05, 0.1) is 22.5 Å². The molecule has 5 aromatic carbocycles. The van der Waals surface area contributed by atoms with E-state index >= 15 is 0 Å². The van der Waals surface area contributed by atoms with Gasteiger partial charge in [-0.25, -0.2) is 34.7 Å². The predicted octanol–water partition coefficient (Wildman–Crippen LogP) is 16.9. The Bertz CT molecular complexity index is 3980. The maximum absolute atomic E-state index is 14.0. The first-order valence-electron chi connectivity index (χ1n) is 29.4. The van der Waals surface area contributed by atoms with Crippen molar-refractivity contribution < 1.29 is 16.8 Å². The van der Waals surface area contributed by atoms with Gasteiger partial charge in [-0.1, -0.05) is 218 Å². The molecular formula is C69H77N7O4S4Si. The minimum absolute atomic E-state index is 0.207. The van der Waals surface area contributed by atoms with E-state index in [-0.39, 0.29) is 9.79 Å². The second-order valence-corrected chi connectivity index (χ2v) is 33.4. The van der Waals surface area contributed by atoms with Crippen molar-refractivity contribution in [3.8, 4) is 11.1 Å². The highest BCUT2D eigenvalue weighted by molar-refractivity contribution is 7.99. The summed E-state index contributed by atoms with van der Waals surface area (Å²) in [7, 11) is -8.10. The quantitative estimate of drug-likeness (QED) is 0.0298. The van der Waals surface area contributed by atoms with Crippen LogP contribution in [-0.4, -0.2) is 77.6 Å². The number of aromatic nitrogens is 6. The van der Waals surface area contributed by atoms with Crippen LogP contribution in [0.1, 0.15) is 103 Å². The van der Waals surface area contributed by atoms with Crippen molar-refractivity contribution in [1.29, 1.82) is 0 Å². The number of rotatable bonds is 21. The number of benzene rings is 5. The highest BCUT2D eigenvalue weighted by Gasteiger charge is 2.40. The fraction of sp³-hybridized carbons (Fsp3) is 0.275. The van der Waals surface area contributed by atoms with Crippen LogP contribution in [0.25, 0.3) is 38.8 Å². The zero-order valence-corrected chi connectivity index (χ0v) is 54.3. The van der Waals surface area contributed by atoms with Crippen LogP contribution in [0.4, 0.5) is 0 Å². The van der Waals surface area contributed by atoms with Gasteiger partial charge in [-0.05, 0) is 83.0 Å². The summed E-state index contributed by atoms with van der Waals surface area (Å²) in [5, 5.41) is 6.64. The predicted molar refractivity (Wildman–Crippen MR) is 358 cm³/mol. The first kappa shape index (κ1) is 62.4. The number of pyridine rings is 2. The summed E-state index contributed by atoms with van der Waals surface area (Å²) in [6.07, 6.45) is 19.0. The van der Waals surface area contributed by atoms with E-state index in [1.165, 1.54) is 7.94 Å². The highest BCUT2D eigenvalue weighted by Crippen LogP contribution is 2.43. The zero-order valence-electron chi connectivity index (χ0n) is 49.9. The zero-order chi connectivity index (χ0) is 60.1. The Morgan fingerprint density at radius 2 is 0.929 bits per heavy atom. The van der Waals surface area contributed by atoms with Crippen molar-refractivity contribution in [1.82, 2.24) is 27.7 Å². The topological polar surface area (TPSA) is 134 Å². The van der Waals surface area contributed by atoms with Crippen LogP contribution in [0, 0.1) is 0 Å². The van der Waals surface area contributed by atoms with Crippen LogP contribution in [0.3, 0.4) is 0 Å². The van der Waals surface area contributed by atoms with E-state index in [1.54, 1.807) is 109 Å². The minimum atomic E-state index is -3.92. The van der Waals surface area contributed by atoms with Crippen molar-refractivity contribution >= 4 is 86.2 Å². The van der Waals surface area contributed by atoms with E-state index in [0.29, 0.717) is 17.8 Å². The summed E-state index contributed by atoms with van der Waals surface area (Å²) in [6.45, 7) is 19.3. The van der Waals surface area contributed by atoms with Gasteiger partial charge in [0.2, 0.25) is 0 Å². The molecule has 0 saturated heterocycles. The molecule has 0 unspecified atom stereocenters. The standard InChI is InChI=1S/C39H34N4O2S2.C21H21N3O2S2.C9H22Si/c1-2-3-24-46-34-25-36-37(29-42(38(36)40-27-34)47(44,45)35-22-14-7-15-23-35)30-26-41-43(28-30)39(31-16-8-4-9-17-31,32-18-10-5-11-19-32)33-20-12-6-13-21-33;1-2-3-11-27-17-12-19-20(16-9-10-22-13-16)15-24(21(19)23-14-17)28(25,26)18-7-5-4-6-8-18;1-7(2)10(8(3)4)9(5)6/h4-23,25-29H,2-3,24H2,1H3;4-9,12-15H,2-3,10-11H2,1H3;7-10H,1-6H3. The Labute approximate surface area is 513 Å². The molecule has 11 nitrogen and oxygen atoms in total. The van der Waals surface area contributed by atoms with Gasteiger partial charge in [0.1, 0.15) is 5.54 Å². The molecule has 440 valence electrons. The lowest BCUT2D eigenvalue weighted by Gasteiger charge is -2.36. The van der Waals surface area contributed by atoms with Crippen molar-refractivity contribution in [2.75, 3.05) is 18.1 Å².